The topological polar surface area (TPSA) is 89.1 Å². The number of carbonyl (C=O) groups is 1. The number of anilines is 2. The first-order valence-electron chi connectivity index (χ1n) is 11.2. The van der Waals surface area contributed by atoms with Crippen molar-refractivity contribution in [3.63, 3.8) is 0 Å². The summed E-state index contributed by atoms with van der Waals surface area (Å²) in [6, 6.07) is 1.88. The van der Waals surface area contributed by atoms with Gasteiger partial charge in [0.15, 0.2) is 11.3 Å². The van der Waals surface area contributed by atoms with Crippen LogP contribution in [0.3, 0.4) is 0 Å². The minimum absolute atomic E-state index is 0.0333. The molecule has 3 aromatic heterocycles. The molecule has 3 aromatic rings. The molecule has 5 rings (SSSR count). The fourth-order valence-electron chi connectivity index (χ4n) is 4.25. The molecule has 2 N–H and O–H groups in total. The summed E-state index contributed by atoms with van der Waals surface area (Å²) in [7, 11) is 0. The van der Waals surface area contributed by atoms with E-state index in [-0.39, 0.29) is 17.3 Å². The van der Waals surface area contributed by atoms with Crippen molar-refractivity contribution >= 4 is 23.1 Å². The van der Waals surface area contributed by atoms with E-state index in [1.807, 2.05) is 0 Å². The molecule has 0 spiro atoms. The molecule has 2 aliphatic rings. The molecule has 0 aromatic carbocycles. The highest BCUT2D eigenvalue weighted by molar-refractivity contribution is 6.08. The summed E-state index contributed by atoms with van der Waals surface area (Å²) >= 11 is 0. The van der Waals surface area contributed by atoms with Gasteiger partial charge in [0.05, 0.1) is 17.9 Å². The predicted octanol–water partition coefficient (Wildman–Crippen LogP) is 4.69. The average Bonchev–Trinajstić information content (AvgIpc) is 3.36. The monoisotopic (exact) mass is 443 g/mol. The van der Waals surface area contributed by atoms with Crippen LogP contribution >= 0.6 is 0 Å². The fourth-order valence-corrected chi connectivity index (χ4v) is 4.25. The van der Waals surface area contributed by atoms with Crippen LogP contribution in [-0.2, 0) is 0 Å². The van der Waals surface area contributed by atoms with E-state index in [0.29, 0.717) is 23.3 Å². The Morgan fingerprint density at radius 2 is 2.00 bits per heavy atom. The lowest BCUT2D eigenvalue weighted by Gasteiger charge is -2.26. The van der Waals surface area contributed by atoms with Crippen molar-refractivity contribution in [3.8, 4) is 0 Å². The van der Waals surface area contributed by atoms with Crippen molar-refractivity contribution in [1.82, 2.24) is 24.4 Å². The number of hydrogen-bond acceptors (Lipinski definition) is 5. The Kier molecular flexibility index (Phi) is 5.52. The molecule has 0 bridgehead atoms. The zero-order chi connectivity index (χ0) is 22.2. The van der Waals surface area contributed by atoms with Crippen LogP contribution < -0.4 is 10.6 Å². The Bertz CT molecular complexity index is 1110. The summed E-state index contributed by atoms with van der Waals surface area (Å²) in [4.78, 5) is 17.5. The van der Waals surface area contributed by atoms with Gasteiger partial charge in [-0.15, -0.1) is 0 Å². The van der Waals surface area contributed by atoms with Gasteiger partial charge < -0.3 is 10.6 Å². The first kappa shape index (κ1) is 20.8. The highest BCUT2D eigenvalue weighted by Crippen LogP contribution is 2.34. The van der Waals surface area contributed by atoms with Crippen LogP contribution in [0.15, 0.2) is 24.7 Å². The molecule has 0 radical (unpaired) electrons. The molecule has 8 nitrogen and oxygen atoms in total. The van der Waals surface area contributed by atoms with E-state index in [4.69, 9.17) is 0 Å². The van der Waals surface area contributed by atoms with E-state index in [2.05, 4.69) is 32.7 Å². The Balaban J connectivity index is 1.37. The minimum atomic E-state index is -2.78. The Hall–Kier alpha value is -3.04. The van der Waals surface area contributed by atoms with Crippen LogP contribution in [0.1, 0.15) is 74.0 Å². The third-order valence-corrected chi connectivity index (χ3v) is 6.46. The molecule has 3 heterocycles. The first-order valence-corrected chi connectivity index (χ1v) is 11.2. The Labute approximate surface area is 184 Å². The summed E-state index contributed by atoms with van der Waals surface area (Å²) in [6.07, 6.45) is 8.18. The third kappa shape index (κ3) is 4.31. The van der Waals surface area contributed by atoms with E-state index < -0.39 is 18.0 Å². The molecule has 0 aliphatic heterocycles. The summed E-state index contributed by atoms with van der Waals surface area (Å²) in [5.41, 5.74) is 0.217. The van der Waals surface area contributed by atoms with Gasteiger partial charge in [-0.05, 0) is 56.4 Å². The lowest BCUT2D eigenvalue weighted by atomic mass is 9.87. The van der Waals surface area contributed by atoms with Gasteiger partial charge in [-0.25, -0.2) is 18.3 Å². The minimum Gasteiger partial charge on any atom is -0.370 e. The molecule has 0 atom stereocenters. The maximum absolute atomic E-state index is 13.7. The summed E-state index contributed by atoms with van der Waals surface area (Å²) in [5.74, 6) is 1.44. The van der Waals surface area contributed by atoms with Gasteiger partial charge in [-0.2, -0.15) is 10.2 Å². The Morgan fingerprint density at radius 1 is 1.22 bits per heavy atom. The molecule has 170 valence electrons. The van der Waals surface area contributed by atoms with E-state index in [1.165, 1.54) is 29.8 Å². The van der Waals surface area contributed by atoms with Crippen LogP contribution in [0, 0.1) is 11.8 Å². The van der Waals surface area contributed by atoms with Crippen LogP contribution in [0.5, 0.6) is 0 Å². The van der Waals surface area contributed by atoms with Gasteiger partial charge >= 0.3 is 0 Å². The standard InChI is InChI=1S/C22H27F2N7O/c1-13-2-6-15(7-3-13)31-12-17(19(29-31)20(23)24)27-22(32)16-11-26-30-9-8-18(28-21(16)30)25-10-14-4-5-14/h8-9,11-15,20H,2-7,10H2,1H3,(H,25,28)(H,27,32). The van der Waals surface area contributed by atoms with Gasteiger partial charge in [0.1, 0.15) is 11.4 Å². The molecule has 10 heteroatoms. The van der Waals surface area contributed by atoms with Crippen LogP contribution in [0.4, 0.5) is 20.3 Å². The van der Waals surface area contributed by atoms with Crippen molar-refractivity contribution in [2.45, 2.75) is 57.9 Å². The second kappa shape index (κ2) is 8.48. The SMILES string of the molecule is CC1CCC(n2cc(NC(=O)c3cnn4ccc(NCC5CC5)nc34)c(C(F)F)n2)CC1. The summed E-state index contributed by atoms with van der Waals surface area (Å²) in [5, 5.41) is 14.2. The zero-order valence-electron chi connectivity index (χ0n) is 18.0. The summed E-state index contributed by atoms with van der Waals surface area (Å²) in [6.45, 7) is 3.04. The molecule has 2 saturated carbocycles. The number of rotatable bonds is 7. The number of aromatic nitrogens is 5. The number of amides is 1. The normalized spacial score (nSPS) is 21.2. The number of fused-ring (bicyclic) bond motifs is 1. The van der Waals surface area contributed by atoms with E-state index in [1.54, 1.807) is 16.9 Å². The van der Waals surface area contributed by atoms with Crippen molar-refractivity contribution in [1.29, 1.82) is 0 Å². The van der Waals surface area contributed by atoms with Gasteiger partial charge in [-0.1, -0.05) is 6.92 Å². The van der Waals surface area contributed by atoms with Gasteiger partial charge in [-0.3, -0.25) is 9.48 Å². The average molecular weight is 444 g/mol. The number of nitrogens with zero attached hydrogens (tertiary/aromatic N) is 5. The van der Waals surface area contributed by atoms with Crippen LogP contribution in [-0.4, -0.2) is 36.8 Å². The number of carbonyl (C=O) groups excluding carboxylic acids is 1. The lowest BCUT2D eigenvalue weighted by Crippen LogP contribution is -2.17. The fraction of sp³-hybridized carbons (Fsp3) is 0.545. The highest BCUT2D eigenvalue weighted by atomic mass is 19.3. The number of alkyl halides is 2. The van der Waals surface area contributed by atoms with E-state index in [9.17, 15) is 13.6 Å². The maximum atomic E-state index is 13.7. The molecular weight excluding hydrogens is 416 g/mol. The zero-order valence-corrected chi connectivity index (χ0v) is 18.0. The van der Waals surface area contributed by atoms with Crippen molar-refractivity contribution < 1.29 is 13.6 Å². The predicted molar refractivity (Wildman–Crippen MR) is 116 cm³/mol. The molecule has 0 unspecified atom stereocenters. The molecule has 2 aliphatic carbocycles. The number of halogens is 2. The maximum Gasteiger partial charge on any atom is 0.284 e. The second-order valence-electron chi connectivity index (χ2n) is 9.04. The van der Waals surface area contributed by atoms with Crippen molar-refractivity contribution in [3.05, 3.63) is 35.9 Å². The number of hydrogen-bond donors (Lipinski definition) is 2. The second-order valence-corrected chi connectivity index (χ2v) is 9.04. The smallest absolute Gasteiger partial charge is 0.284 e. The van der Waals surface area contributed by atoms with Gasteiger partial charge in [0, 0.05) is 18.9 Å². The highest BCUT2D eigenvalue weighted by Gasteiger charge is 2.26. The quantitative estimate of drug-likeness (QED) is 0.553. The first-order chi connectivity index (χ1) is 15.5. The Morgan fingerprint density at radius 3 is 2.72 bits per heavy atom. The summed E-state index contributed by atoms with van der Waals surface area (Å²) < 4.78 is 30.4. The largest absolute Gasteiger partial charge is 0.370 e. The molecule has 1 amide bonds. The molecule has 2 fully saturated rings. The molecule has 32 heavy (non-hydrogen) atoms. The van der Waals surface area contributed by atoms with E-state index in [0.717, 1.165) is 32.2 Å². The lowest BCUT2D eigenvalue weighted by molar-refractivity contribution is 0.102. The van der Waals surface area contributed by atoms with Gasteiger partial charge in [0.2, 0.25) is 0 Å². The van der Waals surface area contributed by atoms with Crippen LogP contribution in [0.25, 0.3) is 5.65 Å². The van der Waals surface area contributed by atoms with Gasteiger partial charge in [0.25, 0.3) is 12.3 Å². The number of nitrogens with one attached hydrogen (secondary N) is 2. The van der Waals surface area contributed by atoms with Crippen molar-refractivity contribution in [2.75, 3.05) is 17.2 Å². The van der Waals surface area contributed by atoms with Crippen molar-refractivity contribution in [2.24, 2.45) is 11.8 Å². The molecular formula is C22H27F2N7O. The van der Waals surface area contributed by atoms with Crippen LogP contribution in [0.2, 0.25) is 0 Å². The molecule has 0 saturated heterocycles. The third-order valence-electron chi connectivity index (χ3n) is 6.46. The van der Waals surface area contributed by atoms with E-state index >= 15 is 0 Å².